The average Bonchev–Trinajstić information content (AvgIpc) is 2.35. The van der Waals surface area contributed by atoms with Gasteiger partial charge in [-0.3, -0.25) is 0 Å². The molecular weight excluding hydrogens is 257 g/mol. The molecule has 1 aromatic carbocycles. The summed E-state index contributed by atoms with van der Waals surface area (Å²) >= 11 is 1.85. The van der Waals surface area contributed by atoms with E-state index in [9.17, 15) is 4.39 Å². The van der Waals surface area contributed by atoms with E-state index in [-0.39, 0.29) is 5.82 Å². The van der Waals surface area contributed by atoms with Gasteiger partial charge >= 0.3 is 0 Å². The minimum absolute atomic E-state index is 0.111. The van der Waals surface area contributed by atoms with Crippen molar-refractivity contribution in [2.24, 2.45) is 5.92 Å². The number of thioether (sulfide) groups is 1. The molecule has 19 heavy (non-hydrogen) atoms. The summed E-state index contributed by atoms with van der Waals surface area (Å²) in [4.78, 5) is 1.25. The summed E-state index contributed by atoms with van der Waals surface area (Å²) in [5.74, 6) is 1.94. The summed E-state index contributed by atoms with van der Waals surface area (Å²) < 4.78 is 13.4. The molecule has 0 bridgehead atoms. The summed E-state index contributed by atoms with van der Waals surface area (Å²) in [7, 11) is 0. The zero-order valence-corrected chi connectivity index (χ0v) is 12.3. The van der Waals surface area contributed by atoms with Gasteiger partial charge in [0.1, 0.15) is 5.82 Å². The molecule has 1 aliphatic carbocycles. The van der Waals surface area contributed by atoms with Crippen LogP contribution in [0.5, 0.6) is 0 Å². The largest absolute Gasteiger partial charge is 0.307 e. The van der Waals surface area contributed by atoms with E-state index in [1.165, 1.54) is 30.6 Å². The van der Waals surface area contributed by atoms with Gasteiger partial charge in [0.25, 0.3) is 0 Å². The zero-order valence-electron chi connectivity index (χ0n) is 11.5. The molecule has 1 aliphatic heterocycles. The molecule has 1 fully saturated rings. The van der Waals surface area contributed by atoms with Crippen LogP contribution in [0.1, 0.15) is 50.6 Å². The quantitative estimate of drug-likeness (QED) is 0.869. The maximum absolute atomic E-state index is 13.4. The van der Waals surface area contributed by atoms with Crippen molar-refractivity contribution < 1.29 is 4.39 Å². The SMILES string of the molecule is CC(CC1CCC1)NC1CCSc2ccc(F)cc21. The first-order valence-electron chi connectivity index (χ1n) is 7.40. The second-order valence-corrected chi connectivity index (χ2v) is 7.11. The molecule has 0 amide bonds. The smallest absolute Gasteiger partial charge is 0.123 e. The van der Waals surface area contributed by atoms with Gasteiger partial charge in [0.05, 0.1) is 0 Å². The van der Waals surface area contributed by atoms with Crippen molar-refractivity contribution in [3.8, 4) is 0 Å². The number of halogens is 1. The van der Waals surface area contributed by atoms with Gasteiger partial charge in [0.15, 0.2) is 0 Å². The Kier molecular flexibility index (Phi) is 4.13. The molecule has 104 valence electrons. The Morgan fingerprint density at radius 1 is 1.37 bits per heavy atom. The number of rotatable bonds is 4. The van der Waals surface area contributed by atoms with Gasteiger partial charge in [0, 0.05) is 17.0 Å². The monoisotopic (exact) mass is 279 g/mol. The molecule has 1 saturated carbocycles. The van der Waals surface area contributed by atoms with Crippen molar-refractivity contribution >= 4 is 11.8 Å². The third-order valence-electron chi connectivity index (χ3n) is 4.41. The minimum Gasteiger partial charge on any atom is -0.307 e. The van der Waals surface area contributed by atoms with Crippen molar-refractivity contribution in [3.63, 3.8) is 0 Å². The first kappa shape index (κ1) is 13.4. The lowest BCUT2D eigenvalue weighted by atomic mass is 9.81. The molecule has 1 N–H and O–H groups in total. The zero-order chi connectivity index (χ0) is 13.2. The van der Waals surface area contributed by atoms with Crippen LogP contribution < -0.4 is 5.32 Å². The fourth-order valence-corrected chi connectivity index (χ4v) is 4.28. The fourth-order valence-electron chi connectivity index (χ4n) is 3.18. The molecule has 1 aromatic rings. The van der Waals surface area contributed by atoms with Crippen LogP contribution in [0.15, 0.2) is 23.1 Å². The summed E-state index contributed by atoms with van der Waals surface area (Å²) in [6.07, 6.45) is 6.59. The second kappa shape index (κ2) is 5.84. The molecule has 2 atom stereocenters. The minimum atomic E-state index is -0.111. The lowest BCUT2D eigenvalue weighted by Crippen LogP contribution is -2.35. The maximum atomic E-state index is 13.4. The molecule has 0 radical (unpaired) electrons. The van der Waals surface area contributed by atoms with Crippen LogP contribution in [0.3, 0.4) is 0 Å². The lowest BCUT2D eigenvalue weighted by Gasteiger charge is -2.33. The van der Waals surface area contributed by atoms with Crippen molar-refractivity contribution in [3.05, 3.63) is 29.6 Å². The highest BCUT2D eigenvalue weighted by atomic mass is 32.2. The molecule has 0 saturated heterocycles. The Hall–Kier alpha value is -0.540. The van der Waals surface area contributed by atoms with Gasteiger partial charge in [-0.1, -0.05) is 19.3 Å². The van der Waals surface area contributed by atoms with Crippen LogP contribution in [0.25, 0.3) is 0 Å². The van der Waals surface area contributed by atoms with Crippen molar-refractivity contribution in [2.45, 2.75) is 56.0 Å². The molecule has 2 aliphatic rings. The molecular formula is C16H22FNS. The fraction of sp³-hybridized carbons (Fsp3) is 0.625. The van der Waals surface area contributed by atoms with E-state index >= 15 is 0 Å². The Bertz CT molecular complexity index is 444. The predicted octanol–water partition coefficient (Wildman–Crippen LogP) is 4.53. The number of fused-ring (bicyclic) bond motifs is 1. The van der Waals surface area contributed by atoms with Crippen molar-refractivity contribution in [1.82, 2.24) is 5.32 Å². The van der Waals surface area contributed by atoms with E-state index in [2.05, 4.69) is 12.2 Å². The Morgan fingerprint density at radius 3 is 2.95 bits per heavy atom. The summed E-state index contributed by atoms with van der Waals surface area (Å²) in [6.45, 7) is 2.28. The number of hydrogen-bond acceptors (Lipinski definition) is 2. The first-order chi connectivity index (χ1) is 9.22. The standard InChI is InChI=1S/C16H22FNS/c1-11(9-12-3-2-4-12)18-15-7-8-19-16-6-5-13(17)10-14(15)16/h5-6,10-12,15,18H,2-4,7-9H2,1H3. The Morgan fingerprint density at radius 2 is 2.21 bits per heavy atom. The summed E-state index contributed by atoms with van der Waals surface area (Å²) in [6, 6.07) is 6.10. The van der Waals surface area contributed by atoms with Gasteiger partial charge in [-0.05, 0) is 55.2 Å². The van der Waals surface area contributed by atoms with E-state index in [0.29, 0.717) is 12.1 Å². The van der Waals surface area contributed by atoms with Crippen LogP contribution in [0.4, 0.5) is 4.39 Å². The van der Waals surface area contributed by atoms with Crippen LogP contribution in [-0.2, 0) is 0 Å². The Labute approximate surface area is 119 Å². The molecule has 3 rings (SSSR count). The van der Waals surface area contributed by atoms with Crippen molar-refractivity contribution in [1.29, 1.82) is 0 Å². The molecule has 0 aromatic heterocycles. The van der Waals surface area contributed by atoms with E-state index in [1.54, 1.807) is 12.1 Å². The highest BCUT2D eigenvalue weighted by molar-refractivity contribution is 7.99. The third-order valence-corrected chi connectivity index (χ3v) is 5.53. The topological polar surface area (TPSA) is 12.0 Å². The Balaban J connectivity index is 1.66. The maximum Gasteiger partial charge on any atom is 0.123 e. The van der Waals surface area contributed by atoms with Gasteiger partial charge in [0.2, 0.25) is 0 Å². The van der Waals surface area contributed by atoms with Crippen LogP contribution in [0.2, 0.25) is 0 Å². The average molecular weight is 279 g/mol. The number of hydrogen-bond donors (Lipinski definition) is 1. The number of nitrogens with one attached hydrogen (secondary N) is 1. The summed E-state index contributed by atoms with van der Waals surface area (Å²) in [5.41, 5.74) is 1.16. The van der Waals surface area contributed by atoms with E-state index in [4.69, 9.17) is 0 Å². The van der Waals surface area contributed by atoms with Gasteiger partial charge in [-0.15, -0.1) is 11.8 Å². The third kappa shape index (κ3) is 3.14. The van der Waals surface area contributed by atoms with Gasteiger partial charge in [-0.25, -0.2) is 4.39 Å². The highest BCUT2D eigenvalue weighted by Crippen LogP contribution is 2.37. The normalized spacial score (nSPS) is 24.6. The van der Waals surface area contributed by atoms with Gasteiger partial charge < -0.3 is 5.32 Å². The number of benzene rings is 1. The molecule has 2 unspecified atom stereocenters. The first-order valence-corrected chi connectivity index (χ1v) is 8.39. The van der Waals surface area contributed by atoms with E-state index in [1.807, 2.05) is 17.8 Å². The van der Waals surface area contributed by atoms with Crippen LogP contribution in [-0.4, -0.2) is 11.8 Å². The lowest BCUT2D eigenvalue weighted by molar-refractivity contribution is 0.256. The van der Waals surface area contributed by atoms with E-state index < -0.39 is 0 Å². The molecule has 1 nitrogen and oxygen atoms in total. The molecule has 3 heteroatoms. The van der Waals surface area contributed by atoms with E-state index in [0.717, 1.165) is 23.7 Å². The summed E-state index contributed by atoms with van der Waals surface area (Å²) in [5, 5.41) is 3.72. The van der Waals surface area contributed by atoms with Crippen LogP contribution >= 0.6 is 11.8 Å². The van der Waals surface area contributed by atoms with Crippen LogP contribution in [0, 0.1) is 11.7 Å². The highest BCUT2D eigenvalue weighted by Gasteiger charge is 2.25. The van der Waals surface area contributed by atoms with Crippen molar-refractivity contribution in [2.75, 3.05) is 5.75 Å². The second-order valence-electron chi connectivity index (χ2n) is 5.97. The predicted molar refractivity (Wildman–Crippen MR) is 79.0 cm³/mol. The van der Waals surface area contributed by atoms with Gasteiger partial charge in [-0.2, -0.15) is 0 Å². The molecule has 0 spiro atoms. The molecule has 1 heterocycles.